The summed E-state index contributed by atoms with van der Waals surface area (Å²) in [7, 11) is 0. The summed E-state index contributed by atoms with van der Waals surface area (Å²) in [5, 5.41) is 1.89. The fourth-order valence-electron chi connectivity index (χ4n) is 2.56. The zero-order valence-electron chi connectivity index (χ0n) is 11.5. The van der Waals surface area contributed by atoms with E-state index < -0.39 is 0 Å². The van der Waals surface area contributed by atoms with Crippen molar-refractivity contribution in [2.75, 3.05) is 38.1 Å². The molecule has 1 amide bonds. The van der Waals surface area contributed by atoms with Crippen LogP contribution in [-0.2, 0) is 0 Å². The lowest BCUT2D eigenvalue weighted by Crippen LogP contribution is -2.48. The minimum atomic E-state index is -0.258. The average Bonchev–Trinajstić information content (AvgIpc) is 2.90. The first kappa shape index (κ1) is 14.9. The number of carbonyl (C=O) groups is 1. The molecule has 3 rings (SSSR count). The van der Waals surface area contributed by atoms with Crippen LogP contribution in [0, 0.1) is 5.82 Å². The van der Waals surface area contributed by atoms with E-state index in [2.05, 4.69) is 20.8 Å². The summed E-state index contributed by atoms with van der Waals surface area (Å²) < 4.78 is 14.0. The first-order valence-electron chi connectivity index (χ1n) is 6.94. The first-order valence-corrected chi connectivity index (χ1v) is 8.88. The molecule has 0 bridgehead atoms. The topological polar surface area (TPSA) is 23.6 Å². The van der Waals surface area contributed by atoms with Gasteiger partial charge in [-0.15, -0.1) is 11.3 Å². The molecule has 0 radical (unpaired) electrons. The number of thiophene rings is 1. The maximum atomic E-state index is 13.2. The van der Waals surface area contributed by atoms with Gasteiger partial charge in [0.2, 0.25) is 0 Å². The maximum absolute atomic E-state index is 13.2. The fourth-order valence-corrected chi connectivity index (χ4v) is 4.12. The molecule has 3 nitrogen and oxygen atoms in total. The van der Waals surface area contributed by atoms with Crippen molar-refractivity contribution in [3.8, 4) is 0 Å². The van der Waals surface area contributed by atoms with E-state index in [0.29, 0.717) is 4.88 Å². The van der Waals surface area contributed by atoms with E-state index in [-0.39, 0.29) is 11.7 Å². The van der Waals surface area contributed by atoms with Crippen LogP contribution in [0.2, 0.25) is 0 Å². The van der Waals surface area contributed by atoms with Crippen LogP contribution in [0.25, 0.3) is 10.1 Å². The maximum Gasteiger partial charge on any atom is 0.264 e. The van der Waals surface area contributed by atoms with E-state index in [1.54, 1.807) is 6.07 Å². The molecule has 0 unspecified atom stereocenters. The summed E-state index contributed by atoms with van der Waals surface area (Å²) in [6.07, 6.45) is 0. The normalized spacial score (nSPS) is 16.6. The van der Waals surface area contributed by atoms with Crippen LogP contribution in [0.15, 0.2) is 24.3 Å². The Morgan fingerprint density at radius 2 is 2.00 bits per heavy atom. The number of rotatable bonds is 3. The van der Waals surface area contributed by atoms with Gasteiger partial charge in [-0.2, -0.15) is 0 Å². The second-order valence-corrected chi connectivity index (χ2v) is 6.99. The molecular formula is C15H16BrFN2OS. The van der Waals surface area contributed by atoms with Gasteiger partial charge in [-0.25, -0.2) is 4.39 Å². The second-order valence-electron chi connectivity index (χ2n) is 5.12. The number of carbonyl (C=O) groups excluding carboxylic acids is 1. The van der Waals surface area contributed by atoms with Crippen molar-refractivity contribution in [1.29, 1.82) is 0 Å². The van der Waals surface area contributed by atoms with Crippen LogP contribution < -0.4 is 0 Å². The van der Waals surface area contributed by atoms with Crippen LogP contribution in [0.4, 0.5) is 4.39 Å². The molecular weight excluding hydrogens is 355 g/mol. The van der Waals surface area contributed by atoms with Gasteiger partial charge in [0.25, 0.3) is 5.91 Å². The predicted octanol–water partition coefficient (Wildman–Crippen LogP) is 3.19. The van der Waals surface area contributed by atoms with Crippen LogP contribution in [0.5, 0.6) is 0 Å². The highest BCUT2D eigenvalue weighted by Crippen LogP contribution is 2.27. The number of hydrogen-bond acceptors (Lipinski definition) is 3. The smallest absolute Gasteiger partial charge is 0.264 e. The van der Waals surface area contributed by atoms with Gasteiger partial charge in [0.05, 0.1) is 4.88 Å². The van der Waals surface area contributed by atoms with Crippen molar-refractivity contribution >= 4 is 43.3 Å². The predicted molar refractivity (Wildman–Crippen MR) is 87.9 cm³/mol. The van der Waals surface area contributed by atoms with Gasteiger partial charge >= 0.3 is 0 Å². The molecule has 2 aromatic rings. The van der Waals surface area contributed by atoms with E-state index in [9.17, 15) is 9.18 Å². The van der Waals surface area contributed by atoms with Gasteiger partial charge < -0.3 is 4.90 Å². The SMILES string of the molecule is O=C(c1cc2ccc(F)cc2s1)N1CCN(CCBr)CC1. The Balaban J connectivity index is 1.72. The molecule has 0 aliphatic carbocycles. The Hall–Kier alpha value is -0.980. The highest BCUT2D eigenvalue weighted by atomic mass is 79.9. The Kier molecular flexibility index (Phi) is 4.57. The lowest BCUT2D eigenvalue weighted by atomic mass is 10.2. The van der Waals surface area contributed by atoms with Gasteiger partial charge in [0.15, 0.2) is 0 Å². The minimum Gasteiger partial charge on any atom is -0.335 e. The summed E-state index contributed by atoms with van der Waals surface area (Å²) in [6, 6.07) is 6.52. The highest BCUT2D eigenvalue weighted by molar-refractivity contribution is 9.09. The Labute approximate surface area is 135 Å². The molecule has 112 valence electrons. The van der Waals surface area contributed by atoms with Crippen LogP contribution in [0.1, 0.15) is 9.67 Å². The second kappa shape index (κ2) is 6.42. The monoisotopic (exact) mass is 370 g/mol. The molecule has 0 N–H and O–H groups in total. The molecule has 6 heteroatoms. The summed E-state index contributed by atoms with van der Waals surface area (Å²) >= 11 is 4.81. The minimum absolute atomic E-state index is 0.0649. The third-order valence-electron chi connectivity index (χ3n) is 3.75. The number of benzene rings is 1. The molecule has 2 heterocycles. The van der Waals surface area contributed by atoms with Crippen molar-refractivity contribution in [2.24, 2.45) is 0 Å². The lowest BCUT2D eigenvalue weighted by Gasteiger charge is -2.34. The molecule has 21 heavy (non-hydrogen) atoms. The first-order chi connectivity index (χ1) is 10.2. The van der Waals surface area contributed by atoms with Gasteiger partial charge in [-0.3, -0.25) is 9.69 Å². The number of amides is 1. The number of nitrogens with zero attached hydrogens (tertiary/aromatic N) is 2. The molecule has 1 fully saturated rings. The zero-order chi connectivity index (χ0) is 14.8. The number of fused-ring (bicyclic) bond motifs is 1. The van der Waals surface area contributed by atoms with Gasteiger partial charge in [0, 0.05) is 42.8 Å². The van der Waals surface area contributed by atoms with Crippen molar-refractivity contribution in [3.05, 3.63) is 35.0 Å². The molecule has 1 saturated heterocycles. The van der Waals surface area contributed by atoms with E-state index in [4.69, 9.17) is 0 Å². The van der Waals surface area contributed by atoms with Gasteiger partial charge in [-0.1, -0.05) is 22.0 Å². The quantitative estimate of drug-likeness (QED) is 0.774. The van der Waals surface area contributed by atoms with Gasteiger partial charge in [0.1, 0.15) is 5.82 Å². The lowest BCUT2D eigenvalue weighted by molar-refractivity contribution is 0.0650. The van der Waals surface area contributed by atoms with Crippen LogP contribution in [-0.4, -0.2) is 53.8 Å². The third-order valence-corrected chi connectivity index (χ3v) is 5.19. The highest BCUT2D eigenvalue weighted by Gasteiger charge is 2.23. The molecule has 1 aliphatic heterocycles. The Morgan fingerprint density at radius 1 is 1.24 bits per heavy atom. The summed E-state index contributed by atoms with van der Waals surface area (Å²) in [4.78, 5) is 17.5. The zero-order valence-corrected chi connectivity index (χ0v) is 13.9. The van der Waals surface area contributed by atoms with Crippen molar-refractivity contribution in [3.63, 3.8) is 0 Å². The van der Waals surface area contributed by atoms with E-state index in [1.807, 2.05) is 11.0 Å². The Bertz CT molecular complexity index is 652. The number of hydrogen-bond donors (Lipinski definition) is 0. The molecule has 0 saturated carbocycles. The standard InChI is InChI=1S/C15H16BrFN2OS/c16-3-4-18-5-7-19(8-6-18)15(20)14-9-11-1-2-12(17)10-13(11)21-14/h1-2,9-10H,3-8H2. The number of halogens is 2. The summed E-state index contributed by atoms with van der Waals surface area (Å²) in [5.74, 6) is -0.193. The van der Waals surface area contributed by atoms with Crippen molar-refractivity contribution in [1.82, 2.24) is 9.80 Å². The van der Waals surface area contributed by atoms with Crippen LogP contribution in [0.3, 0.4) is 0 Å². The molecule has 1 aromatic heterocycles. The molecule has 0 atom stereocenters. The summed E-state index contributed by atoms with van der Waals surface area (Å²) in [5.41, 5.74) is 0. The van der Waals surface area contributed by atoms with E-state index in [0.717, 1.165) is 48.1 Å². The van der Waals surface area contributed by atoms with E-state index >= 15 is 0 Å². The summed E-state index contributed by atoms with van der Waals surface area (Å²) in [6.45, 7) is 4.36. The van der Waals surface area contributed by atoms with Gasteiger partial charge in [-0.05, 0) is 23.6 Å². The third kappa shape index (κ3) is 3.27. The molecule has 1 aliphatic rings. The van der Waals surface area contributed by atoms with Crippen molar-refractivity contribution < 1.29 is 9.18 Å². The molecule has 1 aromatic carbocycles. The number of alkyl halides is 1. The van der Waals surface area contributed by atoms with Crippen LogP contribution >= 0.6 is 27.3 Å². The largest absolute Gasteiger partial charge is 0.335 e. The Morgan fingerprint density at radius 3 is 2.71 bits per heavy atom. The fraction of sp³-hybridized carbons (Fsp3) is 0.400. The number of piperazine rings is 1. The van der Waals surface area contributed by atoms with E-state index in [1.165, 1.54) is 23.5 Å². The van der Waals surface area contributed by atoms with Crippen molar-refractivity contribution in [2.45, 2.75) is 0 Å². The molecule has 0 spiro atoms. The average molecular weight is 371 g/mol.